The fourth-order valence-electron chi connectivity index (χ4n) is 3.73. The quantitative estimate of drug-likeness (QED) is 0.179. The van der Waals surface area contributed by atoms with Gasteiger partial charge in [0.1, 0.15) is 29.2 Å². The average Bonchev–Trinajstić information content (AvgIpc) is 2.92. The minimum Gasteiger partial charge on any atom is -0.507 e. The maximum Gasteiger partial charge on any atom is 0.189 e. The molecule has 192 valence electrons. The largest absolute Gasteiger partial charge is 0.507 e. The van der Waals surface area contributed by atoms with Crippen LogP contribution in [0.2, 0.25) is 0 Å². The van der Waals surface area contributed by atoms with Gasteiger partial charge >= 0.3 is 0 Å². The standard InChI is InChI=1S/2C15H10BrFO2/c16-11-6-10-13(18)8-14(9-4-2-1-3-5-9)19-15(10)7-12(11)17;16-12-8-11(15(19)9-13(12)17)14(18)7-6-10-4-2-1-3-5-10/h1-7,14H,8H2;1-9,19H/b;7-6+. The molecule has 1 N–H and O–H groups in total. The van der Waals surface area contributed by atoms with Crippen LogP contribution >= 0.6 is 31.9 Å². The van der Waals surface area contributed by atoms with Crippen LogP contribution in [0.3, 0.4) is 0 Å². The van der Waals surface area contributed by atoms with E-state index in [4.69, 9.17) is 4.74 Å². The van der Waals surface area contributed by atoms with Crippen molar-refractivity contribution in [3.8, 4) is 11.5 Å². The van der Waals surface area contributed by atoms with Gasteiger partial charge in [-0.2, -0.15) is 0 Å². The van der Waals surface area contributed by atoms with Crippen LogP contribution in [0.1, 0.15) is 44.4 Å². The van der Waals surface area contributed by atoms with Crippen LogP contribution in [0.25, 0.3) is 6.08 Å². The number of carbonyl (C=O) groups is 2. The van der Waals surface area contributed by atoms with Crippen molar-refractivity contribution in [2.75, 3.05) is 0 Å². The number of hydrogen-bond acceptors (Lipinski definition) is 4. The molecule has 0 bridgehead atoms. The second-order valence-corrected chi connectivity index (χ2v) is 10.0. The first-order chi connectivity index (χ1) is 18.2. The summed E-state index contributed by atoms with van der Waals surface area (Å²) in [6, 6.07) is 23.7. The summed E-state index contributed by atoms with van der Waals surface area (Å²) < 4.78 is 32.8. The highest BCUT2D eigenvalue weighted by Crippen LogP contribution is 2.37. The zero-order valence-corrected chi connectivity index (χ0v) is 22.9. The first-order valence-electron chi connectivity index (χ1n) is 11.4. The number of carbonyl (C=O) groups excluding carboxylic acids is 2. The van der Waals surface area contributed by atoms with Gasteiger partial charge in [-0.15, -0.1) is 0 Å². The van der Waals surface area contributed by atoms with E-state index in [0.717, 1.165) is 17.2 Å². The minimum atomic E-state index is -0.610. The number of ketones is 2. The van der Waals surface area contributed by atoms with Crippen LogP contribution in [0.15, 0.2) is 100.0 Å². The summed E-state index contributed by atoms with van der Waals surface area (Å²) >= 11 is 6.06. The van der Waals surface area contributed by atoms with Gasteiger partial charge in [0, 0.05) is 12.1 Å². The third-order valence-corrected chi connectivity index (χ3v) is 6.88. The highest BCUT2D eigenvalue weighted by atomic mass is 79.9. The van der Waals surface area contributed by atoms with Crippen molar-refractivity contribution < 1.29 is 28.2 Å². The normalized spacial score (nSPS) is 14.3. The number of phenolic OH excluding ortho intramolecular Hbond substituents is 1. The molecule has 4 aromatic rings. The molecule has 5 rings (SSSR count). The van der Waals surface area contributed by atoms with Crippen molar-refractivity contribution in [2.45, 2.75) is 12.5 Å². The summed E-state index contributed by atoms with van der Waals surface area (Å²) in [5.74, 6) is -1.52. The van der Waals surface area contributed by atoms with Crippen molar-refractivity contribution in [3.63, 3.8) is 0 Å². The van der Waals surface area contributed by atoms with Crippen molar-refractivity contribution in [2.24, 2.45) is 0 Å². The van der Waals surface area contributed by atoms with Gasteiger partial charge in [-0.25, -0.2) is 8.78 Å². The number of hydrogen-bond donors (Lipinski definition) is 1. The molecule has 4 nitrogen and oxygen atoms in total. The van der Waals surface area contributed by atoms with Crippen LogP contribution in [0.5, 0.6) is 11.5 Å². The van der Waals surface area contributed by atoms with Crippen LogP contribution in [0, 0.1) is 11.6 Å². The Kier molecular flexibility index (Phi) is 8.86. The van der Waals surface area contributed by atoms with Crippen molar-refractivity contribution in [1.82, 2.24) is 0 Å². The molecule has 1 unspecified atom stereocenters. The number of phenols is 1. The molecular formula is C30H20Br2F2O4. The molecule has 0 amide bonds. The fraction of sp³-hybridized carbons (Fsp3) is 0.0667. The Hall–Kier alpha value is -3.62. The van der Waals surface area contributed by atoms with Gasteiger partial charge < -0.3 is 9.84 Å². The smallest absolute Gasteiger partial charge is 0.189 e. The summed E-state index contributed by atoms with van der Waals surface area (Å²) in [6.07, 6.45) is 2.91. The first kappa shape index (κ1) is 27.4. The third kappa shape index (κ3) is 6.62. The van der Waals surface area contributed by atoms with Crippen molar-refractivity contribution in [3.05, 3.63) is 134 Å². The molecule has 0 saturated carbocycles. The lowest BCUT2D eigenvalue weighted by molar-refractivity contribution is 0.0848. The summed E-state index contributed by atoms with van der Waals surface area (Å²) in [5.41, 5.74) is 2.28. The molecule has 8 heteroatoms. The molecule has 1 aliphatic rings. The number of halogens is 4. The van der Waals surface area contributed by atoms with Gasteiger partial charge in [0.05, 0.1) is 26.5 Å². The van der Waals surface area contributed by atoms with E-state index in [1.165, 1.54) is 24.3 Å². The lowest BCUT2D eigenvalue weighted by atomic mass is 9.96. The van der Waals surface area contributed by atoms with Crippen LogP contribution in [0.4, 0.5) is 8.78 Å². The number of allylic oxidation sites excluding steroid dienone is 1. The molecular weight excluding hydrogens is 622 g/mol. The Morgan fingerprint density at radius 1 is 0.895 bits per heavy atom. The molecule has 0 aliphatic carbocycles. The summed E-state index contributed by atoms with van der Waals surface area (Å²) in [5, 5.41) is 9.57. The Balaban J connectivity index is 0.000000177. The number of benzene rings is 4. The van der Waals surface area contributed by atoms with Crippen molar-refractivity contribution >= 4 is 49.5 Å². The van der Waals surface area contributed by atoms with Gasteiger partial charge in [0.2, 0.25) is 0 Å². The van der Waals surface area contributed by atoms with Crippen molar-refractivity contribution in [1.29, 1.82) is 0 Å². The predicted octanol–water partition coefficient (Wildman–Crippen LogP) is 8.48. The van der Waals surface area contributed by atoms with Gasteiger partial charge in [0.25, 0.3) is 0 Å². The highest BCUT2D eigenvalue weighted by molar-refractivity contribution is 9.10. The summed E-state index contributed by atoms with van der Waals surface area (Å²) in [6.45, 7) is 0. The Morgan fingerprint density at radius 2 is 1.50 bits per heavy atom. The average molecular weight is 642 g/mol. The van der Waals surface area contributed by atoms with E-state index in [1.807, 2.05) is 60.7 Å². The van der Waals surface area contributed by atoms with E-state index in [9.17, 15) is 23.5 Å². The maximum atomic E-state index is 13.5. The number of Topliss-reactive ketones (excluding diaryl/α,β-unsaturated/α-hetero) is 1. The molecule has 1 heterocycles. The van der Waals surface area contributed by atoms with E-state index in [-0.39, 0.29) is 44.3 Å². The zero-order chi connectivity index (χ0) is 27.2. The summed E-state index contributed by atoms with van der Waals surface area (Å²) in [7, 11) is 0. The second kappa shape index (κ2) is 12.3. The number of aromatic hydroxyl groups is 1. The molecule has 0 aromatic heterocycles. The molecule has 1 aliphatic heterocycles. The molecule has 4 aromatic carbocycles. The third-order valence-electron chi connectivity index (χ3n) is 5.67. The van der Waals surface area contributed by atoms with Crippen LogP contribution < -0.4 is 4.74 Å². The first-order valence-corrected chi connectivity index (χ1v) is 13.0. The van der Waals surface area contributed by atoms with Gasteiger partial charge in [0.15, 0.2) is 11.6 Å². The number of fused-ring (bicyclic) bond motifs is 1. The van der Waals surface area contributed by atoms with E-state index >= 15 is 0 Å². The lowest BCUT2D eigenvalue weighted by Crippen LogP contribution is -2.20. The van der Waals surface area contributed by atoms with Gasteiger partial charge in [-0.1, -0.05) is 66.7 Å². The minimum absolute atomic E-state index is 0.0317. The Bertz CT molecular complexity index is 1510. The van der Waals surface area contributed by atoms with Crippen LogP contribution in [-0.2, 0) is 0 Å². The maximum absolute atomic E-state index is 13.5. The SMILES string of the molecule is O=C(/C=C/c1ccccc1)c1cc(Br)c(F)cc1O.O=C1CC(c2ccccc2)Oc2cc(F)c(Br)cc21. The summed E-state index contributed by atoms with van der Waals surface area (Å²) in [4.78, 5) is 24.0. The van der Waals surface area contributed by atoms with Gasteiger partial charge in [-0.05, 0) is 61.2 Å². The van der Waals surface area contributed by atoms with E-state index < -0.39 is 11.6 Å². The molecule has 0 radical (unpaired) electrons. The van der Waals surface area contributed by atoms with E-state index in [1.54, 1.807) is 6.08 Å². The van der Waals surface area contributed by atoms with Gasteiger partial charge in [-0.3, -0.25) is 9.59 Å². The zero-order valence-electron chi connectivity index (χ0n) is 19.7. The Morgan fingerprint density at radius 3 is 2.18 bits per heavy atom. The Labute approximate surface area is 234 Å². The topological polar surface area (TPSA) is 63.6 Å². The molecule has 0 spiro atoms. The van der Waals surface area contributed by atoms with E-state index in [2.05, 4.69) is 31.9 Å². The lowest BCUT2D eigenvalue weighted by Gasteiger charge is -2.25. The molecule has 1 atom stereocenters. The predicted molar refractivity (Wildman–Crippen MR) is 148 cm³/mol. The second-order valence-electron chi connectivity index (χ2n) is 8.30. The molecule has 0 saturated heterocycles. The molecule has 0 fully saturated rings. The highest BCUT2D eigenvalue weighted by Gasteiger charge is 2.28. The molecule has 38 heavy (non-hydrogen) atoms. The fourth-order valence-corrected chi connectivity index (χ4v) is 4.42. The number of ether oxygens (including phenoxy) is 1. The van der Waals surface area contributed by atoms with E-state index in [0.29, 0.717) is 11.3 Å². The number of rotatable bonds is 4. The van der Waals surface area contributed by atoms with Crippen LogP contribution in [-0.4, -0.2) is 16.7 Å². The monoisotopic (exact) mass is 640 g/mol.